The van der Waals surface area contributed by atoms with E-state index < -0.39 is 19.4 Å². The topological polar surface area (TPSA) is 107 Å². The zero-order chi connectivity index (χ0) is 26.1. The molecule has 36 heavy (non-hydrogen) atoms. The van der Waals surface area contributed by atoms with Gasteiger partial charge in [-0.15, -0.1) is 0 Å². The Labute approximate surface area is 219 Å². The summed E-state index contributed by atoms with van der Waals surface area (Å²) >= 11 is 12.0. The van der Waals surface area contributed by atoms with Gasteiger partial charge in [-0.2, -0.15) is 0 Å². The number of carbonyl (C=O) groups excluding carboxylic acids is 2. The van der Waals surface area contributed by atoms with Gasteiger partial charge < -0.3 is 19.7 Å². The van der Waals surface area contributed by atoms with Gasteiger partial charge >= 0.3 is 7.60 Å². The second-order valence-electron chi connectivity index (χ2n) is 7.20. The van der Waals surface area contributed by atoms with Crippen LogP contribution in [0, 0.1) is 0 Å². The lowest BCUT2D eigenvalue weighted by molar-refractivity contribution is -0.113. The fraction of sp³-hybridized carbons (Fsp3) is 0.160. The van der Waals surface area contributed by atoms with Crippen molar-refractivity contribution in [1.82, 2.24) is 10.3 Å². The average Bonchev–Trinajstić information content (AvgIpc) is 2.87. The van der Waals surface area contributed by atoms with E-state index in [2.05, 4.69) is 15.6 Å². The van der Waals surface area contributed by atoms with Gasteiger partial charge in [0.2, 0.25) is 0 Å². The molecule has 0 saturated carbocycles. The summed E-state index contributed by atoms with van der Waals surface area (Å²) in [6.45, 7) is 3.33. The van der Waals surface area contributed by atoms with Crippen LogP contribution in [-0.2, 0) is 18.4 Å². The minimum atomic E-state index is -4.12. The molecule has 0 bridgehead atoms. The van der Waals surface area contributed by atoms with Crippen molar-refractivity contribution < 1.29 is 23.2 Å². The third kappa shape index (κ3) is 7.03. The molecule has 0 saturated heterocycles. The lowest BCUT2D eigenvalue weighted by atomic mass is 10.1. The van der Waals surface area contributed by atoms with Crippen molar-refractivity contribution >= 4 is 53.7 Å². The number of carbonyl (C=O) groups is 2. The number of rotatable bonds is 10. The minimum Gasteiger partial charge on any atom is -0.317 e. The first-order valence-corrected chi connectivity index (χ1v) is 13.3. The van der Waals surface area contributed by atoms with Gasteiger partial charge in [0.05, 0.1) is 18.2 Å². The lowest BCUT2D eigenvalue weighted by Gasteiger charge is -2.24. The zero-order valence-corrected chi connectivity index (χ0v) is 21.9. The summed E-state index contributed by atoms with van der Waals surface area (Å²) < 4.78 is 25.2. The van der Waals surface area contributed by atoms with Crippen LogP contribution in [0.3, 0.4) is 0 Å². The molecule has 0 atom stereocenters. The number of nitrogens with zero attached hydrogens (tertiary/aromatic N) is 1. The average molecular weight is 548 g/mol. The first kappa shape index (κ1) is 27.6. The van der Waals surface area contributed by atoms with E-state index >= 15 is 0 Å². The van der Waals surface area contributed by atoms with Gasteiger partial charge in [0.1, 0.15) is 16.8 Å². The molecule has 3 rings (SSSR count). The molecule has 0 radical (unpaired) electrons. The molecular formula is C25H24Cl2N3O5P. The SMILES string of the molecule is CCOP(=O)(OCC)/C(=C(\NC(=O)c1ccccc1)C(=O)Nc1ccc(Cl)cn1)c1ccc(Cl)cc1. The third-order valence-corrected chi connectivity index (χ3v) is 7.40. The smallest absolute Gasteiger partial charge is 0.317 e. The van der Waals surface area contributed by atoms with E-state index in [1.165, 1.54) is 12.3 Å². The molecule has 8 nitrogen and oxygen atoms in total. The Morgan fingerprint density at radius 2 is 1.47 bits per heavy atom. The summed E-state index contributed by atoms with van der Waals surface area (Å²) in [5, 5.41) is 5.89. The summed E-state index contributed by atoms with van der Waals surface area (Å²) in [7, 11) is -4.12. The fourth-order valence-corrected chi connectivity index (χ4v) is 5.33. The van der Waals surface area contributed by atoms with Crippen LogP contribution < -0.4 is 10.6 Å². The number of nitrogens with one attached hydrogen (secondary N) is 2. The zero-order valence-electron chi connectivity index (χ0n) is 19.5. The van der Waals surface area contributed by atoms with Crippen molar-refractivity contribution in [2.75, 3.05) is 18.5 Å². The van der Waals surface area contributed by atoms with Crippen molar-refractivity contribution in [1.29, 1.82) is 0 Å². The second kappa shape index (κ2) is 12.8. The maximum atomic E-state index is 14.1. The highest BCUT2D eigenvalue weighted by molar-refractivity contribution is 7.65. The Kier molecular flexibility index (Phi) is 9.81. The molecule has 0 aliphatic carbocycles. The Bertz CT molecular complexity index is 1270. The van der Waals surface area contributed by atoms with E-state index in [9.17, 15) is 14.2 Å². The highest BCUT2D eigenvalue weighted by Crippen LogP contribution is 2.61. The Morgan fingerprint density at radius 3 is 2.03 bits per heavy atom. The quantitative estimate of drug-likeness (QED) is 0.225. The number of amides is 2. The van der Waals surface area contributed by atoms with Crippen molar-refractivity contribution in [3.05, 3.63) is 99.8 Å². The molecule has 0 aliphatic heterocycles. The molecule has 0 unspecified atom stereocenters. The van der Waals surface area contributed by atoms with Crippen LogP contribution >= 0.6 is 30.8 Å². The Balaban J connectivity index is 2.23. The fourth-order valence-electron chi connectivity index (χ4n) is 3.18. The molecule has 0 aliphatic rings. The van der Waals surface area contributed by atoms with Crippen molar-refractivity contribution in [3.63, 3.8) is 0 Å². The van der Waals surface area contributed by atoms with Crippen LogP contribution in [0.2, 0.25) is 10.0 Å². The van der Waals surface area contributed by atoms with Crippen LogP contribution in [-0.4, -0.2) is 30.0 Å². The summed E-state index contributed by atoms with van der Waals surface area (Å²) in [5.74, 6) is -1.23. The number of hydrogen-bond acceptors (Lipinski definition) is 6. The van der Waals surface area contributed by atoms with Gasteiger partial charge in [0.15, 0.2) is 0 Å². The number of pyridine rings is 1. The second-order valence-corrected chi connectivity index (χ2v) is 10.0. The van der Waals surface area contributed by atoms with E-state index in [1.54, 1.807) is 74.5 Å². The molecule has 1 aromatic heterocycles. The molecule has 1 heterocycles. The molecule has 11 heteroatoms. The van der Waals surface area contributed by atoms with E-state index in [0.29, 0.717) is 15.6 Å². The number of aromatic nitrogens is 1. The highest BCUT2D eigenvalue weighted by Gasteiger charge is 2.37. The van der Waals surface area contributed by atoms with Gasteiger partial charge in [0, 0.05) is 16.8 Å². The monoisotopic (exact) mass is 547 g/mol. The maximum Gasteiger partial charge on any atom is 0.364 e. The predicted molar refractivity (Wildman–Crippen MR) is 141 cm³/mol. The molecule has 2 amide bonds. The lowest BCUT2D eigenvalue weighted by Crippen LogP contribution is -2.32. The van der Waals surface area contributed by atoms with Crippen molar-refractivity contribution in [2.45, 2.75) is 13.8 Å². The van der Waals surface area contributed by atoms with Gasteiger partial charge in [-0.05, 0) is 55.8 Å². The van der Waals surface area contributed by atoms with Gasteiger partial charge in [0.25, 0.3) is 11.8 Å². The van der Waals surface area contributed by atoms with Crippen LogP contribution in [0.1, 0.15) is 29.8 Å². The molecule has 0 fully saturated rings. The van der Waals surface area contributed by atoms with E-state index in [-0.39, 0.29) is 35.6 Å². The Hall–Kier alpha value is -3.00. The third-order valence-electron chi connectivity index (χ3n) is 4.70. The standard InChI is InChI=1S/C25H24Cl2N3O5P/c1-3-34-36(33,35-4-2)23(17-10-12-19(26)13-11-17)22(30-24(31)18-8-6-5-7-9-18)25(32)29-21-15-14-20(27)16-28-21/h5-16H,3-4H2,1-2H3,(H,30,31)(H,28,29,32)/b23-22-. The highest BCUT2D eigenvalue weighted by atomic mass is 35.5. The van der Waals surface area contributed by atoms with Crippen LogP contribution in [0.4, 0.5) is 5.82 Å². The molecule has 2 aromatic carbocycles. The first-order valence-electron chi connectivity index (χ1n) is 11.0. The Morgan fingerprint density at radius 1 is 0.861 bits per heavy atom. The minimum absolute atomic E-state index is 0.0225. The molecule has 3 aromatic rings. The van der Waals surface area contributed by atoms with E-state index in [4.69, 9.17) is 32.2 Å². The summed E-state index contributed by atoms with van der Waals surface area (Å²) in [4.78, 5) is 30.8. The molecule has 188 valence electrons. The van der Waals surface area contributed by atoms with Crippen molar-refractivity contribution in [2.24, 2.45) is 0 Å². The van der Waals surface area contributed by atoms with Gasteiger partial charge in [-0.25, -0.2) is 4.98 Å². The molecular weight excluding hydrogens is 524 g/mol. The summed E-state index contributed by atoms with van der Waals surface area (Å²) in [6, 6.07) is 17.6. The van der Waals surface area contributed by atoms with Gasteiger partial charge in [-0.3, -0.25) is 14.2 Å². The molecule has 2 N–H and O–H groups in total. The number of halogens is 2. The van der Waals surface area contributed by atoms with Gasteiger partial charge in [-0.1, -0.05) is 53.5 Å². The molecule has 0 spiro atoms. The number of benzene rings is 2. The van der Waals surface area contributed by atoms with E-state index in [1.807, 2.05) is 0 Å². The maximum absolute atomic E-state index is 14.1. The summed E-state index contributed by atoms with van der Waals surface area (Å²) in [5.41, 5.74) is 0.269. The van der Waals surface area contributed by atoms with Crippen LogP contribution in [0.5, 0.6) is 0 Å². The van der Waals surface area contributed by atoms with Crippen LogP contribution in [0.25, 0.3) is 5.31 Å². The normalized spacial score (nSPS) is 12.0. The van der Waals surface area contributed by atoms with E-state index in [0.717, 1.165) is 0 Å². The number of hydrogen-bond donors (Lipinski definition) is 2. The first-order chi connectivity index (χ1) is 17.3. The van der Waals surface area contributed by atoms with Crippen molar-refractivity contribution in [3.8, 4) is 0 Å². The van der Waals surface area contributed by atoms with Crippen LogP contribution in [0.15, 0.2) is 78.6 Å². The predicted octanol–water partition coefficient (Wildman–Crippen LogP) is 6.39. The number of anilines is 1. The summed E-state index contributed by atoms with van der Waals surface area (Å²) in [6.07, 6.45) is 1.36. The largest absolute Gasteiger partial charge is 0.364 e.